The van der Waals surface area contributed by atoms with Crippen LogP contribution in [0.4, 0.5) is 0 Å². The molecule has 1 aromatic carbocycles. The Bertz CT molecular complexity index is 898. The highest BCUT2D eigenvalue weighted by Gasteiger charge is 2.38. The predicted molar refractivity (Wildman–Crippen MR) is 74.0 cm³/mol. The number of carbonyl (C=O) groups excluding carboxylic acids is 3. The van der Waals surface area contributed by atoms with Crippen LogP contribution in [0.25, 0.3) is 0 Å². The summed E-state index contributed by atoms with van der Waals surface area (Å²) < 4.78 is 4.78. The number of nitrogens with zero attached hydrogens (tertiary/aromatic N) is 2. The fraction of sp³-hybridized carbons (Fsp3) is 0.0769. The van der Waals surface area contributed by atoms with Gasteiger partial charge in [-0.2, -0.15) is 0 Å². The highest BCUT2D eigenvalue weighted by molar-refractivity contribution is 6.20. The van der Waals surface area contributed by atoms with E-state index in [4.69, 9.17) is 4.74 Å². The van der Waals surface area contributed by atoms with E-state index in [0.29, 0.717) is 5.06 Å². The van der Waals surface area contributed by atoms with E-state index in [0.717, 1.165) is 0 Å². The van der Waals surface area contributed by atoms with Gasteiger partial charge in [-0.3, -0.25) is 19.6 Å². The van der Waals surface area contributed by atoms with Gasteiger partial charge in [-0.05, 0) is 12.1 Å². The second-order valence-electron chi connectivity index (χ2n) is 4.50. The van der Waals surface area contributed by atoms with Gasteiger partial charge < -0.3 is 9.57 Å². The third kappa shape index (κ3) is 2.77. The molecule has 2 amide bonds. The number of H-pyrrole nitrogens is 2. The summed E-state index contributed by atoms with van der Waals surface area (Å²) in [4.78, 5) is 69.4. The molecule has 0 atom stereocenters. The first-order chi connectivity index (χ1) is 11.5. The number of aromatic amines is 2. The number of fused-ring (bicyclic) bond motifs is 1. The van der Waals surface area contributed by atoms with Gasteiger partial charge >= 0.3 is 23.4 Å². The summed E-state index contributed by atoms with van der Waals surface area (Å²) in [5, 5.41) is 0.310. The van der Waals surface area contributed by atoms with E-state index < -0.39 is 41.8 Å². The number of hydrogen-bond donors (Lipinski definition) is 2. The van der Waals surface area contributed by atoms with Gasteiger partial charge in [0.05, 0.1) is 11.1 Å². The molecule has 122 valence electrons. The SMILES string of the molecule is O=C(COc1nc(=O)[nH]c(=O)[nH]1)ON1C(=O)c2ccccc2C1=O. The Morgan fingerprint density at radius 2 is 1.67 bits per heavy atom. The van der Waals surface area contributed by atoms with Crippen molar-refractivity contribution in [1.29, 1.82) is 0 Å². The fourth-order valence-electron chi connectivity index (χ4n) is 1.95. The molecule has 2 N–H and O–H groups in total. The summed E-state index contributed by atoms with van der Waals surface area (Å²) in [7, 11) is 0. The molecule has 0 aliphatic carbocycles. The van der Waals surface area contributed by atoms with Crippen LogP contribution in [0, 0.1) is 0 Å². The van der Waals surface area contributed by atoms with E-state index >= 15 is 0 Å². The Labute approximate surface area is 131 Å². The number of nitrogens with one attached hydrogen (secondary N) is 2. The van der Waals surface area contributed by atoms with Crippen molar-refractivity contribution < 1.29 is 24.0 Å². The van der Waals surface area contributed by atoms with Crippen molar-refractivity contribution in [2.24, 2.45) is 0 Å². The molecule has 1 aromatic heterocycles. The number of hydrogen-bond acceptors (Lipinski definition) is 8. The largest absolute Gasteiger partial charge is 0.452 e. The molecule has 0 saturated carbocycles. The number of rotatable bonds is 4. The number of aromatic nitrogens is 3. The summed E-state index contributed by atoms with van der Waals surface area (Å²) >= 11 is 0. The van der Waals surface area contributed by atoms with Crippen LogP contribution in [-0.2, 0) is 9.63 Å². The highest BCUT2D eigenvalue weighted by atomic mass is 16.7. The Balaban J connectivity index is 1.66. The van der Waals surface area contributed by atoms with Crippen molar-refractivity contribution in [1.82, 2.24) is 20.0 Å². The number of ether oxygens (including phenoxy) is 1. The molecular formula is C13H8N4O7. The second kappa shape index (κ2) is 5.79. The number of imide groups is 1. The van der Waals surface area contributed by atoms with Crippen LogP contribution in [0.1, 0.15) is 20.7 Å². The minimum atomic E-state index is -1.10. The lowest BCUT2D eigenvalue weighted by Crippen LogP contribution is -2.35. The molecular weight excluding hydrogens is 324 g/mol. The van der Waals surface area contributed by atoms with Crippen molar-refractivity contribution in [3.63, 3.8) is 0 Å². The minimum absolute atomic E-state index is 0.108. The van der Waals surface area contributed by atoms with Crippen LogP contribution in [0.2, 0.25) is 0 Å². The molecule has 11 nitrogen and oxygen atoms in total. The lowest BCUT2D eigenvalue weighted by molar-refractivity contribution is -0.171. The van der Waals surface area contributed by atoms with Crippen molar-refractivity contribution in [2.45, 2.75) is 0 Å². The first-order valence-electron chi connectivity index (χ1n) is 6.48. The number of amides is 2. The average Bonchev–Trinajstić information content (AvgIpc) is 2.78. The van der Waals surface area contributed by atoms with Gasteiger partial charge in [-0.25, -0.2) is 14.4 Å². The monoisotopic (exact) mass is 332 g/mol. The standard InChI is InChI=1S/C13H8N4O7/c18-8(5-23-13-15-11(21)14-12(22)16-13)24-17-9(19)6-3-1-2-4-7(6)10(17)20/h1-4H,5H2,(H2,14,15,16,21,22). The summed E-state index contributed by atoms with van der Waals surface area (Å²) in [5.74, 6) is -2.68. The van der Waals surface area contributed by atoms with Crippen molar-refractivity contribution in [3.8, 4) is 6.01 Å². The maximum Gasteiger partial charge on any atom is 0.370 e. The summed E-state index contributed by atoms with van der Waals surface area (Å²) in [6.45, 7) is -0.792. The van der Waals surface area contributed by atoms with E-state index in [2.05, 4.69) is 9.82 Å². The number of carbonyl (C=O) groups is 3. The van der Waals surface area contributed by atoms with Gasteiger partial charge in [0, 0.05) is 0 Å². The zero-order valence-electron chi connectivity index (χ0n) is 11.8. The average molecular weight is 332 g/mol. The molecule has 1 aliphatic rings. The molecule has 0 bridgehead atoms. The Kier molecular flexibility index (Phi) is 3.66. The Morgan fingerprint density at radius 1 is 1.04 bits per heavy atom. The van der Waals surface area contributed by atoms with Gasteiger partial charge in [0.25, 0.3) is 11.8 Å². The van der Waals surface area contributed by atoms with Crippen molar-refractivity contribution in [3.05, 3.63) is 56.4 Å². The van der Waals surface area contributed by atoms with Crippen LogP contribution in [0.3, 0.4) is 0 Å². The lowest BCUT2D eigenvalue weighted by atomic mass is 10.1. The van der Waals surface area contributed by atoms with Crippen molar-refractivity contribution in [2.75, 3.05) is 6.61 Å². The third-order valence-electron chi connectivity index (χ3n) is 2.92. The minimum Gasteiger partial charge on any atom is -0.452 e. The Hall–Kier alpha value is -3.76. The molecule has 0 fully saturated rings. The zero-order chi connectivity index (χ0) is 17.3. The molecule has 11 heteroatoms. The number of benzene rings is 1. The van der Waals surface area contributed by atoms with E-state index in [1.54, 1.807) is 12.1 Å². The van der Waals surface area contributed by atoms with E-state index in [1.807, 2.05) is 9.97 Å². The van der Waals surface area contributed by atoms with Crippen LogP contribution < -0.4 is 16.1 Å². The second-order valence-corrected chi connectivity index (χ2v) is 4.50. The predicted octanol–water partition coefficient (Wildman–Crippen LogP) is -1.41. The third-order valence-corrected chi connectivity index (χ3v) is 2.92. The van der Waals surface area contributed by atoms with E-state index in [9.17, 15) is 24.0 Å². The Morgan fingerprint density at radius 3 is 2.25 bits per heavy atom. The van der Waals surface area contributed by atoms with Crippen LogP contribution in [0.5, 0.6) is 6.01 Å². The van der Waals surface area contributed by atoms with E-state index in [1.165, 1.54) is 12.1 Å². The van der Waals surface area contributed by atoms with Crippen LogP contribution in [0.15, 0.2) is 33.9 Å². The topological polar surface area (TPSA) is 152 Å². The first kappa shape index (κ1) is 15.1. The maximum absolute atomic E-state index is 12.0. The summed E-state index contributed by atoms with van der Waals surface area (Å²) in [6.07, 6.45) is 0. The van der Waals surface area contributed by atoms with Gasteiger partial charge in [0.15, 0.2) is 6.61 Å². The molecule has 0 saturated heterocycles. The summed E-state index contributed by atoms with van der Waals surface area (Å²) in [5.41, 5.74) is -1.63. The normalized spacial score (nSPS) is 12.9. The van der Waals surface area contributed by atoms with Crippen molar-refractivity contribution >= 4 is 17.8 Å². The molecule has 1 aliphatic heterocycles. The number of hydroxylamine groups is 2. The molecule has 3 rings (SSSR count). The maximum atomic E-state index is 12.0. The highest BCUT2D eigenvalue weighted by Crippen LogP contribution is 2.22. The van der Waals surface area contributed by atoms with Gasteiger partial charge in [0.1, 0.15) is 0 Å². The summed E-state index contributed by atoms with van der Waals surface area (Å²) in [6, 6.07) is 5.46. The van der Waals surface area contributed by atoms with Crippen LogP contribution >= 0.6 is 0 Å². The quantitative estimate of drug-likeness (QED) is 0.648. The van der Waals surface area contributed by atoms with Gasteiger partial charge in [-0.1, -0.05) is 17.2 Å². The van der Waals surface area contributed by atoms with Gasteiger partial charge in [-0.15, -0.1) is 4.98 Å². The molecule has 0 spiro atoms. The molecule has 2 heterocycles. The molecule has 24 heavy (non-hydrogen) atoms. The van der Waals surface area contributed by atoms with Gasteiger partial charge in [0.2, 0.25) is 0 Å². The lowest BCUT2D eigenvalue weighted by Gasteiger charge is -2.12. The molecule has 0 radical (unpaired) electrons. The van der Waals surface area contributed by atoms with E-state index in [-0.39, 0.29) is 11.1 Å². The smallest absolute Gasteiger partial charge is 0.370 e. The molecule has 0 unspecified atom stereocenters. The zero-order valence-corrected chi connectivity index (χ0v) is 11.8. The van der Waals surface area contributed by atoms with Crippen LogP contribution in [-0.4, -0.2) is 44.4 Å². The molecule has 2 aromatic rings. The fourth-order valence-corrected chi connectivity index (χ4v) is 1.95. The first-order valence-corrected chi connectivity index (χ1v) is 6.48.